The van der Waals surface area contributed by atoms with Crippen molar-refractivity contribution >= 4 is 6.09 Å². The molecule has 1 amide bonds. The van der Waals surface area contributed by atoms with Crippen molar-refractivity contribution in [2.75, 3.05) is 100 Å². The van der Waals surface area contributed by atoms with Crippen LogP contribution in [0.4, 0.5) is 4.79 Å². The second-order valence-corrected chi connectivity index (χ2v) is 16.1. The molecule has 6 aromatic rings. The summed E-state index contributed by atoms with van der Waals surface area (Å²) in [6.07, 6.45) is -0.463. The van der Waals surface area contributed by atoms with Crippen LogP contribution in [0.15, 0.2) is 146 Å². The van der Waals surface area contributed by atoms with E-state index in [-0.39, 0.29) is 25.7 Å². The van der Waals surface area contributed by atoms with Gasteiger partial charge in [0.15, 0.2) is 0 Å². The van der Waals surface area contributed by atoms with E-state index in [0.717, 1.165) is 33.8 Å². The fourth-order valence-electron chi connectivity index (χ4n) is 8.33. The van der Waals surface area contributed by atoms with Crippen LogP contribution in [-0.4, -0.2) is 111 Å². The largest absolute Gasteiger partial charge is 0.497 e. The minimum Gasteiger partial charge on any atom is -0.497 e. The Morgan fingerprint density at radius 1 is 0.522 bits per heavy atom. The number of amides is 1. The van der Waals surface area contributed by atoms with Crippen LogP contribution < -0.4 is 19.5 Å². The van der Waals surface area contributed by atoms with Gasteiger partial charge >= 0.3 is 6.09 Å². The summed E-state index contributed by atoms with van der Waals surface area (Å²) in [6, 6.07) is 48.1. The van der Waals surface area contributed by atoms with Crippen LogP contribution in [0.5, 0.6) is 17.2 Å². The molecule has 0 bridgehead atoms. The summed E-state index contributed by atoms with van der Waals surface area (Å²) in [4.78, 5) is 12.3. The fraction of sp³-hybridized carbons (Fsp3) is 0.339. The topological polar surface area (TPSA) is 142 Å². The third-order valence-corrected chi connectivity index (χ3v) is 11.7. The van der Waals surface area contributed by atoms with Crippen LogP contribution in [0.25, 0.3) is 11.1 Å². The maximum absolute atomic E-state index is 12.3. The van der Waals surface area contributed by atoms with Crippen LogP contribution in [0.1, 0.15) is 44.9 Å². The zero-order chi connectivity index (χ0) is 47.9. The number of fused-ring (bicyclic) bond motifs is 3. The molecular formula is C56H63NO12. The summed E-state index contributed by atoms with van der Waals surface area (Å²) in [5, 5.41) is 12.9. The van der Waals surface area contributed by atoms with Crippen molar-refractivity contribution in [2.45, 2.75) is 24.7 Å². The number of methoxy groups -OCH3 is 2. The Bertz CT molecular complexity index is 2350. The molecule has 1 aliphatic rings. The Labute approximate surface area is 405 Å². The van der Waals surface area contributed by atoms with Gasteiger partial charge in [-0.1, -0.05) is 109 Å². The Kier molecular flexibility index (Phi) is 19.8. The minimum absolute atomic E-state index is 0.0221. The predicted octanol–water partition coefficient (Wildman–Crippen LogP) is 8.71. The molecule has 0 aliphatic heterocycles. The van der Waals surface area contributed by atoms with Crippen molar-refractivity contribution in [2.24, 2.45) is 0 Å². The normalized spacial score (nSPS) is 12.0. The number of carbonyl (C=O) groups is 1. The van der Waals surface area contributed by atoms with E-state index in [1.54, 1.807) is 14.2 Å². The zero-order valence-corrected chi connectivity index (χ0v) is 39.5. The number of hydrogen-bond acceptors (Lipinski definition) is 12. The molecule has 0 fully saturated rings. The monoisotopic (exact) mass is 941 g/mol. The molecule has 0 saturated carbocycles. The number of rotatable bonds is 30. The molecule has 69 heavy (non-hydrogen) atoms. The number of benzene rings is 6. The van der Waals surface area contributed by atoms with Gasteiger partial charge in [-0.25, -0.2) is 4.79 Å². The van der Waals surface area contributed by atoms with Crippen LogP contribution in [0.3, 0.4) is 0 Å². The number of ether oxygens (including phenoxy) is 10. The standard InChI is InChI=1S/C56H63NO12/c1-60-47-20-16-45(17-21-47)56(44-10-4-3-5-11-44,46-18-22-48(61-2)23-19-46)69-40-43-36-42(39-58)37-49(38-43)67-35-34-66-33-32-65-31-30-64-29-28-63-27-26-62-25-24-57-55(59)68-41-54-52-14-8-6-12-50(52)51-13-7-9-15-53(51)54/h3-23,36-38,54,58H,24-35,39-41H2,1-2H3,(H,57,59). The first-order valence-corrected chi connectivity index (χ1v) is 23.3. The van der Waals surface area contributed by atoms with Gasteiger partial charge < -0.3 is 57.8 Å². The summed E-state index contributed by atoms with van der Waals surface area (Å²) in [5.41, 5.74) is 8.08. The number of alkyl carbamates (subject to hydrolysis) is 1. The SMILES string of the molecule is COc1ccc(C(OCc2cc(CO)cc(OCCOCCOCCOCCOCCOCCNC(=O)OCC3c4ccccc4-c4ccccc43)c2)(c2ccccc2)c2ccc(OC)cc2)cc1. The molecule has 0 atom stereocenters. The highest BCUT2D eigenvalue weighted by Crippen LogP contribution is 2.45. The van der Waals surface area contributed by atoms with Gasteiger partial charge in [-0.15, -0.1) is 0 Å². The highest BCUT2D eigenvalue weighted by molar-refractivity contribution is 5.79. The van der Waals surface area contributed by atoms with Gasteiger partial charge in [0, 0.05) is 12.5 Å². The van der Waals surface area contributed by atoms with Crippen molar-refractivity contribution in [3.05, 3.63) is 185 Å². The third-order valence-electron chi connectivity index (χ3n) is 11.7. The molecule has 7 rings (SSSR count). The van der Waals surface area contributed by atoms with Crippen molar-refractivity contribution in [3.8, 4) is 28.4 Å². The second kappa shape index (κ2) is 27.0. The van der Waals surface area contributed by atoms with Crippen molar-refractivity contribution in [1.82, 2.24) is 5.32 Å². The lowest BCUT2D eigenvalue weighted by Gasteiger charge is -2.36. The predicted molar refractivity (Wildman–Crippen MR) is 262 cm³/mol. The Morgan fingerprint density at radius 3 is 1.51 bits per heavy atom. The lowest BCUT2D eigenvalue weighted by Crippen LogP contribution is -2.32. The maximum atomic E-state index is 12.3. The second-order valence-electron chi connectivity index (χ2n) is 16.1. The molecule has 0 saturated heterocycles. The summed E-state index contributed by atoms with van der Waals surface area (Å²) in [5.74, 6) is 2.11. The van der Waals surface area contributed by atoms with Gasteiger partial charge in [-0.05, 0) is 86.5 Å². The zero-order valence-electron chi connectivity index (χ0n) is 39.5. The van der Waals surface area contributed by atoms with Gasteiger partial charge in [0.2, 0.25) is 0 Å². The van der Waals surface area contributed by atoms with Crippen LogP contribution in [0.2, 0.25) is 0 Å². The molecule has 0 spiro atoms. The first-order chi connectivity index (χ1) is 34.0. The summed E-state index contributed by atoms with van der Waals surface area (Å²) >= 11 is 0. The molecule has 1 aliphatic carbocycles. The van der Waals surface area contributed by atoms with Crippen LogP contribution in [-0.2, 0) is 52.0 Å². The molecule has 13 heteroatoms. The lowest BCUT2D eigenvalue weighted by atomic mass is 9.80. The van der Waals surface area contributed by atoms with Gasteiger partial charge in [-0.2, -0.15) is 0 Å². The first kappa shape index (κ1) is 50.6. The van der Waals surface area contributed by atoms with E-state index in [4.69, 9.17) is 47.4 Å². The number of hydrogen-bond donors (Lipinski definition) is 2. The van der Waals surface area contributed by atoms with Crippen LogP contribution >= 0.6 is 0 Å². The van der Waals surface area contributed by atoms with E-state index < -0.39 is 11.7 Å². The number of aliphatic hydroxyl groups is 1. The summed E-state index contributed by atoms with van der Waals surface area (Å²) < 4.78 is 57.8. The first-order valence-electron chi connectivity index (χ1n) is 23.3. The highest BCUT2D eigenvalue weighted by Gasteiger charge is 2.38. The molecule has 364 valence electrons. The molecule has 2 N–H and O–H groups in total. The smallest absolute Gasteiger partial charge is 0.407 e. The molecule has 6 aromatic carbocycles. The summed E-state index contributed by atoms with van der Waals surface area (Å²) in [7, 11) is 3.29. The third kappa shape index (κ3) is 14.1. The number of carbonyl (C=O) groups excluding carboxylic acids is 1. The molecular weight excluding hydrogens is 879 g/mol. The van der Waals surface area contributed by atoms with E-state index in [9.17, 15) is 9.90 Å². The molecule has 13 nitrogen and oxygen atoms in total. The molecule has 0 radical (unpaired) electrons. The van der Waals surface area contributed by atoms with Gasteiger partial charge in [0.05, 0.1) is 93.5 Å². The molecule has 0 aromatic heterocycles. The Balaban J connectivity index is 0.731. The van der Waals surface area contributed by atoms with Gasteiger partial charge in [-0.3, -0.25) is 0 Å². The Hall–Kier alpha value is -6.29. The van der Waals surface area contributed by atoms with Crippen molar-refractivity contribution in [3.63, 3.8) is 0 Å². The maximum Gasteiger partial charge on any atom is 0.407 e. The Morgan fingerprint density at radius 2 is 0.986 bits per heavy atom. The van der Waals surface area contributed by atoms with Crippen molar-refractivity contribution < 1.29 is 57.3 Å². The highest BCUT2D eigenvalue weighted by atomic mass is 16.6. The van der Waals surface area contributed by atoms with E-state index in [1.165, 1.54) is 22.3 Å². The fourth-order valence-corrected chi connectivity index (χ4v) is 8.33. The van der Waals surface area contributed by atoms with Crippen LogP contribution in [0, 0.1) is 0 Å². The van der Waals surface area contributed by atoms with E-state index in [2.05, 4.69) is 41.7 Å². The quantitative estimate of drug-likeness (QED) is 0.0330. The van der Waals surface area contributed by atoms with Crippen molar-refractivity contribution in [1.29, 1.82) is 0 Å². The van der Waals surface area contributed by atoms with E-state index >= 15 is 0 Å². The van der Waals surface area contributed by atoms with E-state index in [1.807, 2.05) is 109 Å². The molecule has 0 heterocycles. The molecule has 0 unspecified atom stereocenters. The number of nitrogens with one attached hydrogen (secondary N) is 1. The minimum atomic E-state index is -0.997. The van der Waals surface area contributed by atoms with E-state index in [0.29, 0.717) is 90.5 Å². The van der Waals surface area contributed by atoms with Gasteiger partial charge in [0.25, 0.3) is 0 Å². The summed E-state index contributed by atoms with van der Waals surface area (Å²) in [6.45, 7) is 5.07. The number of aliphatic hydroxyl groups excluding tert-OH is 1. The lowest BCUT2D eigenvalue weighted by molar-refractivity contribution is -0.0125. The van der Waals surface area contributed by atoms with Gasteiger partial charge in [0.1, 0.15) is 36.1 Å². The average Bonchev–Trinajstić information content (AvgIpc) is 3.72. The average molecular weight is 942 g/mol.